The number of fused-ring (bicyclic) bond motifs is 1. The van der Waals surface area contributed by atoms with Gasteiger partial charge in [0.1, 0.15) is 5.65 Å². The van der Waals surface area contributed by atoms with Gasteiger partial charge in [0.2, 0.25) is 5.91 Å². The fourth-order valence-corrected chi connectivity index (χ4v) is 3.47. The summed E-state index contributed by atoms with van der Waals surface area (Å²) in [5, 5.41) is 4.08. The number of amides is 1. The van der Waals surface area contributed by atoms with E-state index in [4.69, 9.17) is 5.73 Å². The van der Waals surface area contributed by atoms with Crippen molar-refractivity contribution in [1.82, 2.24) is 9.97 Å². The third-order valence-corrected chi connectivity index (χ3v) is 4.84. The van der Waals surface area contributed by atoms with Crippen molar-refractivity contribution >= 4 is 28.3 Å². The maximum absolute atomic E-state index is 12.2. The van der Waals surface area contributed by atoms with Crippen molar-refractivity contribution in [2.75, 3.05) is 23.3 Å². The second-order valence-corrected chi connectivity index (χ2v) is 6.83. The van der Waals surface area contributed by atoms with Crippen LogP contribution in [0, 0.1) is 12.8 Å². The molecule has 0 radical (unpaired) electrons. The maximum Gasteiger partial charge on any atom is 0.227 e. The maximum atomic E-state index is 12.2. The normalized spacial score (nSPS) is 21.7. The van der Waals surface area contributed by atoms with E-state index in [0.29, 0.717) is 0 Å². The number of pyridine rings is 1. The summed E-state index contributed by atoms with van der Waals surface area (Å²) in [6.07, 6.45) is 7.91. The third kappa shape index (κ3) is 2.67. The van der Waals surface area contributed by atoms with Gasteiger partial charge in [-0.15, -0.1) is 0 Å². The van der Waals surface area contributed by atoms with Gasteiger partial charge < -0.3 is 20.9 Å². The second kappa shape index (κ2) is 5.53. The molecule has 1 aliphatic heterocycles. The molecule has 2 aliphatic rings. The molecule has 2 aromatic rings. The quantitative estimate of drug-likeness (QED) is 0.810. The molecule has 3 heterocycles. The molecule has 1 aliphatic carbocycles. The predicted molar refractivity (Wildman–Crippen MR) is 91.6 cm³/mol. The molecule has 1 amide bonds. The number of H-pyrrole nitrogens is 1. The average Bonchev–Trinajstić information content (AvgIpc) is 3.31. The highest BCUT2D eigenvalue weighted by Gasteiger charge is 2.31. The molecule has 2 fully saturated rings. The summed E-state index contributed by atoms with van der Waals surface area (Å²) in [6, 6.07) is 0.204. The number of anilines is 2. The number of aromatic amines is 1. The number of carbonyl (C=O) groups excluding carboxylic acids is 1. The van der Waals surface area contributed by atoms with Crippen LogP contribution in [0.1, 0.15) is 31.2 Å². The number of nitrogens with zero attached hydrogens (tertiary/aromatic N) is 2. The van der Waals surface area contributed by atoms with Crippen LogP contribution in [-0.4, -0.2) is 35.0 Å². The van der Waals surface area contributed by atoms with Gasteiger partial charge in [0, 0.05) is 37.4 Å². The van der Waals surface area contributed by atoms with Crippen LogP contribution < -0.4 is 16.0 Å². The molecule has 122 valence electrons. The Morgan fingerprint density at radius 3 is 3.00 bits per heavy atom. The monoisotopic (exact) mass is 313 g/mol. The summed E-state index contributed by atoms with van der Waals surface area (Å²) in [6.45, 7) is 3.91. The summed E-state index contributed by atoms with van der Waals surface area (Å²) >= 11 is 0. The molecule has 4 rings (SSSR count). The van der Waals surface area contributed by atoms with Crippen LogP contribution in [0.2, 0.25) is 0 Å². The van der Waals surface area contributed by atoms with Gasteiger partial charge in [-0.2, -0.15) is 0 Å². The standard InChI is InChI=1S/C17H23N5O/c1-10-7-19-16-14(15(10)22-6-2-3-12(18)9-22)13(8-20-16)21-17(23)11-4-5-11/h7-8,11-12H,2-6,9,18H2,1H3,(H,19,20)(H,21,23)/t12-/m1/s1. The number of aromatic nitrogens is 2. The zero-order valence-electron chi connectivity index (χ0n) is 13.4. The molecule has 4 N–H and O–H groups in total. The predicted octanol–water partition coefficient (Wildman–Crippen LogP) is 2.15. The molecule has 0 bridgehead atoms. The molecule has 1 saturated carbocycles. The number of nitrogens with one attached hydrogen (secondary N) is 2. The molecule has 1 atom stereocenters. The largest absolute Gasteiger partial charge is 0.369 e. The Hall–Kier alpha value is -2.08. The van der Waals surface area contributed by atoms with Crippen LogP contribution in [0.4, 0.5) is 11.4 Å². The molecule has 6 heteroatoms. The molecule has 0 aromatic carbocycles. The molecule has 2 aromatic heterocycles. The zero-order valence-corrected chi connectivity index (χ0v) is 13.4. The topological polar surface area (TPSA) is 87.0 Å². The van der Waals surface area contributed by atoms with Gasteiger partial charge in [-0.1, -0.05) is 0 Å². The first-order chi connectivity index (χ1) is 11.1. The van der Waals surface area contributed by atoms with Gasteiger partial charge in [0.15, 0.2) is 0 Å². The smallest absolute Gasteiger partial charge is 0.227 e. The van der Waals surface area contributed by atoms with Crippen molar-refractivity contribution in [1.29, 1.82) is 0 Å². The van der Waals surface area contributed by atoms with E-state index in [1.807, 2.05) is 12.4 Å². The van der Waals surface area contributed by atoms with Gasteiger partial charge >= 0.3 is 0 Å². The molecule has 1 saturated heterocycles. The van der Waals surface area contributed by atoms with Crippen molar-refractivity contribution in [3.8, 4) is 0 Å². The Balaban J connectivity index is 1.76. The fourth-order valence-electron chi connectivity index (χ4n) is 3.47. The highest BCUT2D eigenvalue weighted by molar-refractivity contribution is 6.07. The number of carbonyl (C=O) groups is 1. The van der Waals surface area contributed by atoms with Crippen molar-refractivity contribution in [3.05, 3.63) is 18.0 Å². The summed E-state index contributed by atoms with van der Waals surface area (Å²) < 4.78 is 0. The van der Waals surface area contributed by atoms with Crippen molar-refractivity contribution < 1.29 is 4.79 Å². The summed E-state index contributed by atoms with van der Waals surface area (Å²) in [4.78, 5) is 22.2. The van der Waals surface area contributed by atoms with Crippen LogP contribution >= 0.6 is 0 Å². The minimum atomic E-state index is 0.119. The van der Waals surface area contributed by atoms with Crippen molar-refractivity contribution in [2.45, 2.75) is 38.6 Å². The highest BCUT2D eigenvalue weighted by Crippen LogP contribution is 2.37. The van der Waals surface area contributed by atoms with Gasteiger partial charge in [0.05, 0.1) is 16.8 Å². The first-order valence-electron chi connectivity index (χ1n) is 8.41. The van der Waals surface area contributed by atoms with E-state index < -0.39 is 0 Å². The SMILES string of the molecule is Cc1cnc2[nH]cc(NC(=O)C3CC3)c2c1N1CCC[C@@H](N)C1. The van der Waals surface area contributed by atoms with Crippen LogP contribution in [0.15, 0.2) is 12.4 Å². The van der Waals surface area contributed by atoms with E-state index in [-0.39, 0.29) is 17.9 Å². The first-order valence-corrected chi connectivity index (χ1v) is 8.41. The lowest BCUT2D eigenvalue weighted by Crippen LogP contribution is -2.43. The Morgan fingerprint density at radius 2 is 2.26 bits per heavy atom. The van der Waals surface area contributed by atoms with E-state index in [1.165, 1.54) is 0 Å². The first kappa shape index (κ1) is 14.5. The highest BCUT2D eigenvalue weighted by atomic mass is 16.2. The Morgan fingerprint density at radius 1 is 1.43 bits per heavy atom. The molecule has 0 unspecified atom stereocenters. The minimum absolute atomic E-state index is 0.119. The van der Waals surface area contributed by atoms with Crippen LogP contribution in [0.5, 0.6) is 0 Å². The van der Waals surface area contributed by atoms with E-state index in [1.54, 1.807) is 0 Å². The van der Waals surface area contributed by atoms with Crippen LogP contribution in [-0.2, 0) is 4.79 Å². The van der Waals surface area contributed by atoms with E-state index in [0.717, 1.165) is 66.7 Å². The third-order valence-electron chi connectivity index (χ3n) is 4.84. The van der Waals surface area contributed by atoms with Gasteiger partial charge in [-0.3, -0.25) is 4.79 Å². The number of rotatable bonds is 3. The lowest BCUT2D eigenvalue weighted by molar-refractivity contribution is -0.117. The number of hydrogen-bond acceptors (Lipinski definition) is 4. The van der Waals surface area contributed by atoms with Crippen LogP contribution in [0.3, 0.4) is 0 Å². The van der Waals surface area contributed by atoms with Gasteiger partial charge in [-0.05, 0) is 38.2 Å². The minimum Gasteiger partial charge on any atom is -0.369 e. The number of piperidine rings is 1. The van der Waals surface area contributed by atoms with E-state index in [9.17, 15) is 4.79 Å². The van der Waals surface area contributed by atoms with E-state index >= 15 is 0 Å². The average molecular weight is 313 g/mol. The number of nitrogens with two attached hydrogens (primary N) is 1. The number of aryl methyl sites for hydroxylation is 1. The Kier molecular flexibility index (Phi) is 3.49. The molecule has 0 spiro atoms. The lowest BCUT2D eigenvalue weighted by atomic mass is 10.0. The Bertz CT molecular complexity index is 749. The van der Waals surface area contributed by atoms with Crippen molar-refractivity contribution in [3.63, 3.8) is 0 Å². The lowest BCUT2D eigenvalue weighted by Gasteiger charge is -2.34. The molecular weight excluding hydrogens is 290 g/mol. The summed E-state index contributed by atoms with van der Waals surface area (Å²) in [7, 11) is 0. The van der Waals surface area contributed by atoms with Crippen LogP contribution in [0.25, 0.3) is 11.0 Å². The number of hydrogen-bond donors (Lipinski definition) is 3. The fraction of sp³-hybridized carbons (Fsp3) is 0.529. The summed E-state index contributed by atoms with van der Waals surface area (Å²) in [5.74, 6) is 0.304. The second-order valence-electron chi connectivity index (χ2n) is 6.83. The Labute approximate surface area is 135 Å². The molecule has 23 heavy (non-hydrogen) atoms. The van der Waals surface area contributed by atoms with Gasteiger partial charge in [-0.25, -0.2) is 4.98 Å². The van der Waals surface area contributed by atoms with E-state index in [2.05, 4.69) is 27.1 Å². The molecule has 6 nitrogen and oxygen atoms in total. The zero-order chi connectivity index (χ0) is 16.0. The molecular formula is C17H23N5O. The summed E-state index contributed by atoms with van der Waals surface area (Å²) in [5.41, 5.74) is 10.1. The van der Waals surface area contributed by atoms with Crippen molar-refractivity contribution in [2.24, 2.45) is 11.7 Å². The van der Waals surface area contributed by atoms with Gasteiger partial charge in [0.25, 0.3) is 0 Å².